The maximum Gasteiger partial charge on any atom is 0.335 e. The van der Waals surface area contributed by atoms with Crippen molar-refractivity contribution in [1.82, 2.24) is 10.6 Å². The highest BCUT2D eigenvalue weighted by atomic mass is 16.4. The Morgan fingerprint density at radius 2 is 1.96 bits per heavy atom. The van der Waals surface area contributed by atoms with Gasteiger partial charge in [0.05, 0.1) is 5.56 Å². The van der Waals surface area contributed by atoms with Crippen molar-refractivity contribution in [3.63, 3.8) is 0 Å². The number of hydrogen-bond donors (Lipinski definition) is 3. The summed E-state index contributed by atoms with van der Waals surface area (Å²) in [7, 11) is 0. The van der Waals surface area contributed by atoms with Crippen molar-refractivity contribution in [2.24, 2.45) is 0 Å². The van der Waals surface area contributed by atoms with Crippen molar-refractivity contribution in [3.8, 4) is 11.3 Å². The first-order chi connectivity index (χ1) is 11.0. The molecule has 1 aromatic heterocycles. The Labute approximate surface area is 130 Å². The summed E-state index contributed by atoms with van der Waals surface area (Å²) in [6.45, 7) is 1.70. The summed E-state index contributed by atoms with van der Waals surface area (Å²) in [6.07, 6.45) is 1.40. The fraction of sp³-hybridized carbons (Fsp3) is 0.0625. The molecule has 23 heavy (non-hydrogen) atoms. The molecule has 3 N–H and O–H groups in total. The fourth-order valence-corrected chi connectivity index (χ4v) is 2.33. The summed E-state index contributed by atoms with van der Waals surface area (Å²) >= 11 is 0. The van der Waals surface area contributed by atoms with Crippen LogP contribution in [0.15, 0.2) is 40.4 Å². The molecule has 2 aromatic rings. The molecule has 1 aliphatic rings. The van der Waals surface area contributed by atoms with Gasteiger partial charge in [0.1, 0.15) is 17.2 Å². The van der Waals surface area contributed by atoms with Gasteiger partial charge in [0, 0.05) is 11.6 Å². The average Bonchev–Trinajstić information content (AvgIpc) is 3.06. The van der Waals surface area contributed by atoms with E-state index >= 15 is 0 Å². The second-order valence-electron chi connectivity index (χ2n) is 4.95. The number of nitrogens with one attached hydrogen (secondary N) is 2. The maximum absolute atomic E-state index is 11.5. The topological polar surface area (TPSA) is 109 Å². The molecular weight excluding hydrogens is 300 g/mol. The summed E-state index contributed by atoms with van der Waals surface area (Å²) in [5.74, 6) is -0.699. The minimum atomic E-state index is -1.01. The van der Waals surface area contributed by atoms with Gasteiger partial charge >= 0.3 is 12.0 Å². The predicted molar refractivity (Wildman–Crippen MR) is 80.5 cm³/mol. The molecule has 0 bridgehead atoms. The molecule has 1 fully saturated rings. The lowest BCUT2D eigenvalue weighted by atomic mass is 10.0. The quantitative estimate of drug-likeness (QED) is 0.594. The molecule has 3 amide bonds. The molecule has 0 aliphatic carbocycles. The summed E-state index contributed by atoms with van der Waals surface area (Å²) in [4.78, 5) is 33.7. The summed E-state index contributed by atoms with van der Waals surface area (Å²) < 4.78 is 5.63. The van der Waals surface area contributed by atoms with Crippen LogP contribution in [0.4, 0.5) is 4.79 Å². The second kappa shape index (κ2) is 5.45. The number of carbonyl (C=O) groups excluding carboxylic acids is 2. The molecule has 2 heterocycles. The number of imide groups is 1. The summed E-state index contributed by atoms with van der Waals surface area (Å²) in [5, 5.41) is 13.6. The number of furan rings is 1. The molecule has 0 spiro atoms. The van der Waals surface area contributed by atoms with Gasteiger partial charge < -0.3 is 14.8 Å². The van der Waals surface area contributed by atoms with Crippen LogP contribution in [0.1, 0.15) is 21.7 Å². The van der Waals surface area contributed by atoms with Gasteiger partial charge in [-0.3, -0.25) is 10.1 Å². The third-order valence-electron chi connectivity index (χ3n) is 3.46. The third-order valence-corrected chi connectivity index (χ3v) is 3.46. The Bertz CT molecular complexity index is 863. The zero-order valence-corrected chi connectivity index (χ0v) is 12.0. The van der Waals surface area contributed by atoms with E-state index in [4.69, 9.17) is 9.52 Å². The van der Waals surface area contributed by atoms with Crippen LogP contribution in [0.2, 0.25) is 0 Å². The minimum absolute atomic E-state index is 0.0897. The number of benzene rings is 1. The van der Waals surface area contributed by atoms with Crippen LogP contribution < -0.4 is 10.6 Å². The van der Waals surface area contributed by atoms with Gasteiger partial charge in [0.15, 0.2) is 0 Å². The highest BCUT2D eigenvalue weighted by Gasteiger charge is 2.23. The number of amides is 3. The molecule has 0 atom stereocenters. The zero-order chi connectivity index (χ0) is 16.6. The van der Waals surface area contributed by atoms with Crippen molar-refractivity contribution in [2.75, 3.05) is 0 Å². The van der Waals surface area contributed by atoms with E-state index in [9.17, 15) is 14.4 Å². The molecule has 7 nitrogen and oxygen atoms in total. The predicted octanol–water partition coefficient (Wildman–Crippen LogP) is 2.13. The number of rotatable bonds is 3. The van der Waals surface area contributed by atoms with Gasteiger partial charge in [-0.2, -0.15) is 0 Å². The average molecular weight is 312 g/mol. The Balaban J connectivity index is 1.96. The van der Waals surface area contributed by atoms with E-state index in [1.165, 1.54) is 12.1 Å². The van der Waals surface area contributed by atoms with Gasteiger partial charge in [0.2, 0.25) is 0 Å². The third kappa shape index (κ3) is 2.71. The lowest BCUT2D eigenvalue weighted by Gasteiger charge is -2.05. The van der Waals surface area contributed by atoms with E-state index in [0.29, 0.717) is 22.6 Å². The molecule has 116 valence electrons. The summed E-state index contributed by atoms with van der Waals surface area (Å²) in [6, 6.07) is 7.63. The van der Waals surface area contributed by atoms with Crippen molar-refractivity contribution < 1.29 is 23.9 Å². The number of urea groups is 1. The van der Waals surface area contributed by atoms with E-state index in [1.807, 2.05) is 0 Å². The number of carboxylic acid groups (broad SMARTS) is 1. The lowest BCUT2D eigenvalue weighted by Crippen LogP contribution is -2.22. The molecule has 1 aromatic carbocycles. The first-order valence-corrected chi connectivity index (χ1v) is 6.73. The molecule has 0 saturated carbocycles. The van der Waals surface area contributed by atoms with Gasteiger partial charge in [0.25, 0.3) is 5.91 Å². The normalized spacial score (nSPS) is 15.6. The Morgan fingerprint density at radius 3 is 2.61 bits per heavy atom. The SMILES string of the molecule is Cc1c(C(=O)O)cccc1-c1ccc(/C=C2/NC(=O)NC2=O)o1. The lowest BCUT2D eigenvalue weighted by molar-refractivity contribution is -0.115. The van der Waals surface area contributed by atoms with Crippen LogP contribution in [0, 0.1) is 6.92 Å². The maximum atomic E-state index is 11.5. The Kier molecular flexibility index (Phi) is 3.46. The molecule has 1 saturated heterocycles. The molecule has 1 aliphatic heterocycles. The van der Waals surface area contributed by atoms with E-state index < -0.39 is 17.9 Å². The standard InChI is InChI=1S/C16H12N2O5/c1-8-10(3-2-4-11(8)15(20)21)13-6-5-9(23-13)7-12-14(19)18-16(22)17-12/h2-7H,1H3,(H,20,21)(H2,17,18,19,22)/b12-7+. The summed E-state index contributed by atoms with van der Waals surface area (Å²) in [5.41, 5.74) is 1.52. The number of hydrogen-bond acceptors (Lipinski definition) is 4. The van der Waals surface area contributed by atoms with Crippen LogP contribution in [0.5, 0.6) is 0 Å². The first kappa shape index (κ1) is 14.6. The smallest absolute Gasteiger partial charge is 0.335 e. The van der Waals surface area contributed by atoms with Gasteiger partial charge in [-0.15, -0.1) is 0 Å². The van der Waals surface area contributed by atoms with Crippen LogP contribution in [-0.4, -0.2) is 23.0 Å². The zero-order valence-electron chi connectivity index (χ0n) is 12.0. The molecule has 0 unspecified atom stereocenters. The Hall–Kier alpha value is -3.35. The first-order valence-electron chi connectivity index (χ1n) is 6.73. The van der Waals surface area contributed by atoms with Crippen molar-refractivity contribution in [2.45, 2.75) is 6.92 Å². The second-order valence-corrected chi connectivity index (χ2v) is 4.95. The van der Waals surface area contributed by atoms with Crippen LogP contribution in [0.3, 0.4) is 0 Å². The van der Waals surface area contributed by atoms with E-state index in [1.54, 1.807) is 31.2 Å². The van der Waals surface area contributed by atoms with Crippen LogP contribution in [-0.2, 0) is 4.79 Å². The van der Waals surface area contributed by atoms with E-state index in [-0.39, 0.29) is 11.3 Å². The van der Waals surface area contributed by atoms with Gasteiger partial charge in [-0.25, -0.2) is 9.59 Å². The monoisotopic (exact) mass is 312 g/mol. The van der Waals surface area contributed by atoms with Crippen LogP contribution >= 0.6 is 0 Å². The van der Waals surface area contributed by atoms with E-state index in [2.05, 4.69) is 10.6 Å². The van der Waals surface area contributed by atoms with Gasteiger partial charge in [-0.05, 0) is 30.7 Å². The van der Waals surface area contributed by atoms with Crippen molar-refractivity contribution in [1.29, 1.82) is 0 Å². The highest BCUT2D eigenvalue weighted by molar-refractivity contribution is 6.13. The van der Waals surface area contributed by atoms with Gasteiger partial charge in [-0.1, -0.05) is 12.1 Å². The van der Waals surface area contributed by atoms with E-state index in [0.717, 1.165) is 0 Å². The van der Waals surface area contributed by atoms with Crippen LogP contribution in [0.25, 0.3) is 17.4 Å². The number of carbonyl (C=O) groups is 3. The van der Waals surface area contributed by atoms with Crippen molar-refractivity contribution in [3.05, 3.63) is 52.9 Å². The largest absolute Gasteiger partial charge is 0.478 e. The molecule has 3 rings (SSSR count). The highest BCUT2D eigenvalue weighted by Crippen LogP contribution is 2.28. The number of carboxylic acids is 1. The Morgan fingerprint density at radius 1 is 1.17 bits per heavy atom. The fourth-order valence-electron chi connectivity index (χ4n) is 2.33. The molecule has 7 heteroatoms. The molecule has 0 radical (unpaired) electrons. The minimum Gasteiger partial charge on any atom is -0.478 e. The van der Waals surface area contributed by atoms with Crippen molar-refractivity contribution >= 4 is 24.0 Å². The molecular formula is C16H12N2O5. The number of aromatic carboxylic acids is 1.